The van der Waals surface area contributed by atoms with Crippen LogP contribution >= 0.6 is 0 Å². The van der Waals surface area contributed by atoms with E-state index in [-0.39, 0.29) is 54.2 Å². The summed E-state index contributed by atoms with van der Waals surface area (Å²) in [4.78, 5) is 69.0. The molecule has 16 nitrogen and oxygen atoms in total. The number of nitrogens with zero attached hydrogens (tertiary/aromatic N) is 2. The third-order valence-corrected chi connectivity index (χ3v) is 16.6. The van der Waals surface area contributed by atoms with Crippen molar-refractivity contribution in [3.05, 3.63) is 47.6 Å². The molecule has 4 aliphatic heterocycles. The van der Waals surface area contributed by atoms with E-state index < -0.39 is 89.2 Å². The van der Waals surface area contributed by atoms with Crippen molar-refractivity contribution in [3.8, 4) is 6.07 Å². The van der Waals surface area contributed by atoms with Crippen molar-refractivity contribution in [2.45, 2.75) is 200 Å². The number of hydrogen-bond donors (Lipinski definition) is 4. The van der Waals surface area contributed by atoms with Gasteiger partial charge in [0.1, 0.15) is 23.5 Å². The summed E-state index contributed by atoms with van der Waals surface area (Å²) < 4.78 is 26.1. The van der Waals surface area contributed by atoms with Gasteiger partial charge in [-0.1, -0.05) is 73.6 Å². The summed E-state index contributed by atoms with van der Waals surface area (Å²) in [6.45, 7) is 21.1. The molecule has 0 aliphatic carbocycles. The fourth-order valence-electron chi connectivity index (χ4n) is 11.7. The number of hydrogen-bond acceptors (Lipinski definition) is 14. The Hall–Kier alpha value is -4.21. The van der Waals surface area contributed by atoms with Gasteiger partial charge in [0, 0.05) is 64.0 Å². The smallest absolute Gasteiger partial charge is 0.303 e. The van der Waals surface area contributed by atoms with Gasteiger partial charge in [-0.15, -0.1) is 0 Å². The molecule has 1 aromatic carbocycles. The number of aliphatic hydroxyl groups is 2. The first-order chi connectivity index (χ1) is 34.5. The average molecular weight is 1020 g/mol. The molecule has 0 bridgehead atoms. The second-order valence-electron chi connectivity index (χ2n) is 22.2. The summed E-state index contributed by atoms with van der Waals surface area (Å²) in [5.74, 6) is -5.63. The Morgan fingerprint density at radius 3 is 2.18 bits per heavy atom. The van der Waals surface area contributed by atoms with Gasteiger partial charge in [0.15, 0.2) is 6.10 Å². The van der Waals surface area contributed by atoms with Gasteiger partial charge >= 0.3 is 5.97 Å². The van der Waals surface area contributed by atoms with Crippen LogP contribution < -0.4 is 15.5 Å². The molecule has 73 heavy (non-hydrogen) atoms. The first kappa shape index (κ1) is 59.7. The van der Waals surface area contributed by atoms with Crippen LogP contribution in [0.2, 0.25) is 0 Å². The molecule has 1 spiro atoms. The molecule has 4 N–H and O–H groups in total. The molecule has 0 unspecified atom stereocenters. The van der Waals surface area contributed by atoms with E-state index >= 15 is 0 Å². The van der Waals surface area contributed by atoms with Gasteiger partial charge in [-0.25, -0.2) is 4.89 Å². The zero-order valence-electron chi connectivity index (χ0n) is 46.0. The second-order valence-corrected chi connectivity index (χ2v) is 22.2. The number of allylic oxidation sites excluding steroid dienone is 1. The average Bonchev–Trinajstić information content (AvgIpc) is 3.72. The second kappa shape index (κ2) is 26.0. The number of benzene rings is 1. The van der Waals surface area contributed by atoms with E-state index in [9.17, 15) is 34.7 Å². The molecule has 2 amide bonds. The molecule has 4 aliphatic rings. The third-order valence-electron chi connectivity index (χ3n) is 16.6. The fraction of sp³-hybridized carbons (Fsp3) is 0.737. The number of carbonyl (C=O) groups is 4. The highest BCUT2D eigenvalue weighted by molar-refractivity contribution is 6.01. The molecule has 0 radical (unpaired) electrons. The standard InChI is InChI=1S/C57H88N4O12/c1-14-44(54(66)60-30-29-59-53(65)42(33-58)32-41-19-21-43(22-20-41)61(12)13)46-23-18-35(5)51(70-46)38(8)49(63)37(7)50(64)45(15-2)52-36(6)31-34(4)17-24-48(69-40(10)62)57(73-71-52)28-27-55(11,72-57)47-25-26-56(67,16-3)39(9)68-47/h17,19-22,24,32,34-39,44-49,51-52,63,67H,14-16,18,23,25-31H2,1-13H3,(H,59,65)(H,60,66)/b24-17-,42-32+/t34-,35-,36-,37-,38-,39-,44+,45-,46+,47+,48+,49+,51+,52-,55-,56+,57-/m0/s1. The topological polar surface area (TPSA) is 215 Å². The summed E-state index contributed by atoms with van der Waals surface area (Å²) >= 11 is 0. The van der Waals surface area contributed by atoms with Crippen molar-refractivity contribution in [3.63, 3.8) is 0 Å². The van der Waals surface area contributed by atoms with Gasteiger partial charge in [-0.05, 0) is 119 Å². The van der Waals surface area contributed by atoms with Crippen LogP contribution in [0.1, 0.15) is 146 Å². The maximum Gasteiger partial charge on any atom is 0.303 e. The van der Waals surface area contributed by atoms with E-state index in [1.165, 1.54) is 13.0 Å². The number of carbonyl (C=O) groups excluding carboxylic acids is 4. The lowest BCUT2D eigenvalue weighted by Gasteiger charge is -2.47. The Bertz CT molecular complexity index is 2130. The number of nitrogens with one attached hydrogen (secondary N) is 2. The van der Waals surface area contributed by atoms with Gasteiger partial charge in [0.25, 0.3) is 5.91 Å². The van der Waals surface area contributed by atoms with Crippen molar-refractivity contribution in [1.82, 2.24) is 10.6 Å². The largest absolute Gasteiger partial charge is 0.452 e. The Morgan fingerprint density at radius 2 is 1.58 bits per heavy atom. The predicted molar refractivity (Wildman–Crippen MR) is 278 cm³/mol. The monoisotopic (exact) mass is 1020 g/mol. The van der Waals surface area contributed by atoms with Crippen molar-refractivity contribution in [2.75, 3.05) is 32.1 Å². The number of ether oxygens (including phenoxy) is 4. The molecule has 17 atom stereocenters. The van der Waals surface area contributed by atoms with Crippen LogP contribution in [-0.2, 0) is 47.9 Å². The normalized spacial score (nSPS) is 34.5. The first-order valence-corrected chi connectivity index (χ1v) is 27.1. The third kappa shape index (κ3) is 14.4. The van der Waals surface area contributed by atoms with Gasteiger partial charge in [-0.3, -0.25) is 19.2 Å². The summed E-state index contributed by atoms with van der Waals surface area (Å²) in [6, 6.07) is 9.45. The number of nitriles is 1. The quantitative estimate of drug-likeness (QED) is 0.0260. The SMILES string of the molecule is CC[C@@H](C(=O)[C@@H](C)[C@@H](O)[C@H](C)[C@@H]1O[C@@H]([C@@H](CC)C(=O)NCCNC(=O)/C(C#N)=C/c2ccc(N(C)C)cc2)CC[C@@H]1C)[C@H]1OO[C@@]2(CC[C@@](C)([C@H]3CC[C@](O)(CC)[C@H](C)O3)O2)[C@H](OC(C)=O)/C=C\[C@H](C)C[C@@H]1C. The van der Waals surface area contributed by atoms with Crippen molar-refractivity contribution < 1.29 is 58.1 Å². The van der Waals surface area contributed by atoms with Crippen LogP contribution in [0.5, 0.6) is 0 Å². The molecule has 3 fully saturated rings. The Kier molecular flexibility index (Phi) is 21.3. The number of aliphatic hydroxyl groups excluding tert-OH is 1. The van der Waals surface area contributed by atoms with Crippen LogP contribution in [0.3, 0.4) is 0 Å². The van der Waals surface area contributed by atoms with E-state index in [0.717, 1.165) is 17.7 Å². The molecule has 0 aromatic heterocycles. The summed E-state index contributed by atoms with van der Waals surface area (Å²) in [5.41, 5.74) is -0.159. The first-order valence-electron chi connectivity index (χ1n) is 27.1. The zero-order valence-corrected chi connectivity index (χ0v) is 46.0. The lowest BCUT2D eigenvalue weighted by molar-refractivity contribution is -0.468. The molecule has 408 valence electrons. The molecule has 16 heteroatoms. The minimum absolute atomic E-state index is 0.00234. The number of anilines is 1. The van der Waals surface area contributed by atoms with Crippen LogP contribution in [0.15, 0.2) is 42.0 Å². The summed E-state index contributed by atoms with van der Waals surface area (Å²) in [7, 11) is 3.86. The minimum atomic E-state index is -1.58. The molecule has 1 aromatic rings. The highest BCUT2D eigenvalue weighted by Crippen LogP contribution is 2.49. The summed E-state index contributed by atoms with van der Waals surface area (Å²) in [5, 5.41) is 38.7. The van der Waals surface area contributed by atoms with Crippen LogP contribution in [0.25, 0.3) is 6.08 Å². The highest BCUT2D eigenvalue weighted by Gasteiger charge is 2.60. The molecule has 5 rings (SSSR count). The zero-order chi connectivity index (χ0) is 54.0. The van der Waals surface area contributed by atoms with E-state index in [4.69, 9.17) is 28.7 Å². The highest BCUT2D eigenvalue weighted by atomic mass is 17.2. The minimum Gasteiger partial charge on any atom is -0.452 e. The number of rotatable bonds is 19. The molecule has 4 heterocycles. The summed E-state index contributed by atoms with van der Waals surface area (Å²) in [6.07, 6.45) is 6.20. The predicted octanol–water partition coefficient (Wildman–Crippen LogP) is 7.78. The molecular formula is C57H88N4O12. The van der Waals surface area contributed by atoms with Crippen molar-refractivity contribution >= 4 is 35.3 Å². The number of ketones is 1. The van der Waals surface area contributed by atoms with E-state index in [0.29, 0.717) is 57.8 Å². The van der Waals surface area contributed by atoms with Gasteiger partial charge in [-0.2, -0.15) is 10.1 Å². The van der Waals surface area contributed by atoms with Crippen LogP contribution in [-0.4, -0.2) is 121 Å². The number of esters is 1. The number of Topliss-reactive ketones (excluding diaryl/α,β-unsaturated/α-hetero) is 1. The van der Waals surface area contributed by atoms with Gasteiger partial charge in [0.2, 0.25) is 11.7 Å². The number of amides is 2. The lowest BCUT2D eigenvalue weighted by Crippen LogP contribution is -2.56. The molecule has 3 saturated heterocycles. The Morgan fingerprint density at radius 1 is 0.904 bits per heavy atom. The maximum absolute atomic E-state index is 14.9. The maximum atomic E-state index is 14.9. The van der Waals surface area contributed by atoms with E-state index in [2.05, 4.69) is 24.5 Å². The van der Waals surface area contributed by atoms with Crippen molar-refractivity contribution in [2.24, 2.45) is 41.4 Å². The van der Waals surface area contributed by atoms with Gasteiger partial charge < -0.3 is 44.7 Å². The van der Waals surface area contributed by atoms with Gasteiger partial charge in [0.05, 0.1) is 47.6 Å². The molecule has 0 saturated carbocycles. The fourth-order valence-corrected chi connectivity index (χ4v) is 11.7. The molecular weight excluding hydrogens is 933 g/mol. The Balaban J connectivity index is 1.24. The van der Waals surface area contributed by atoms with E-state index in [1.807, 2.05) is 110 Å². The lowest BCUT2D eigenvalue weighted by atomic mass is 9.74. The van der Waals surface area contributed by atoms with Crippen LogP contribution in [0.4, 0.5) is 5.69 Å². The van der Waals surface area contributed by atoms with Crippen LogP contribution in [0, 0.1) is 52.8 Å². The van der Waals surface area contributed by atoms with E-state index in [1.54, 1.807) is 6.92 Å². The Labute approximate surface area is 435 Å². The van der Waals surface area contributed by atoms with Crippen molar-refractivity contribution in [1.29, 1.82) is 5.26 Å².